The molecule has 1 heterocycles. The van der Waals surface area contributed by atoms with E-state index in [4.69, 9.17) is 16.1 Å². The van der Waals surface area contributed by atoms with E-state index in [1.165, 1.54) is 18.2 Å². The highest BCUT2D eigenvalue weighted by molar-refractivity contribution is 6.30. The summed E-state index contributed by atoms with van der Waals surface area (Å²) in [5, 5.41) is 7.25. The zero-order chi connectivity index (χ0) is 17.1. The summed E-state index contributed by atoms with van der Waals surface area (Å²) in [6.07, 6.45) is 0. The zero-order valence-electron chi connectivity index (χ0n) is 12.8. The van der Waals surface area contributed by atoms with Crippen LogP contribution in [0.1, 0.15) is 29.0 Å². The van der Waals surface area contributed by atoms with Crippen molar-refractivity contribution >= 4 is 17.5 Å². The van der Waals surface area contributed by atoms with Crippen LogP contribution < -0.4 is 5.32 Å². The SMILES string of the molecule is C[C@@H](NC(=O)c1cc(-c2ccc(F)cc2)on1)c1ccc(Cl)cc1. The lowest BCUT2D eigenvalue weighted by Gasteiger charge is -2.13. The summed E-state index contributed by atoms with van der Waals surface area (Å²) in [6, 6.07) is 14.3. The van der Waals surface area contributed by atoms with Crippen LogP contribution in [-0.2, 0) is 0 Å². The molecule has 4 nitrogen and oxygen atoms in total. The molecule has 1 amide bonds. The monoisotopic (exact) mass is 344 g/mol. The lowest BCUT2D eigenvalue weighted by atomic mass is 10.1. The molecular formula is C18H14ClFN2O2. The van der Waals surface area contributed by atoms with Gasteiger partial charge in [0.15, 0.2) is 11.5 Å². The molecule has 1 aromatic heterocycles. The summed E-state index contributed by atoms with van der Waals surface area (Å²) in [5.41, 5.74) is 1.74. The molecule has 0 aliphatic carbocycles. The van der Waals surface area contributed by atoms with Crippen molar-refractivity contribution in [3.8, 4) is 11.3 Å². The first-order valence-corrected chi connectivity index (χ1v) is 7.70. The fraction of sp³-hybridized carbons (Fsp3) is 0.111. The molecule has 122 valence electrons. The lowest BCUT2D eigenvalue weighted by molar-refractivity contribution is 0.0931. The van der Waals surface area contributed by atoms with Crippen LogP contribution >= 0.6 is 11.6 Å². The second-order valence-electron chi connectivity index (χ2n) is 5.33. The predicted octanol–water partition coefficient (Wildman–Crippen LogP) is 4.63. The maximum absolute atomic E-state index is 12.9. The summed E-state index contributed by atoms with van der Waals surface area (Å²) in [6.45, 7) is 1.86. The van der Waals surface area contributed by atoms with E-state index in [9.17, 15) is 9.18 Å². The summed E-state index contributed by atoms with van der Waals surface area (Å²) in [5.74, 6) is -0.290. The van der Waals surface area contributed by atoms with Crippen LogP contribution in [-0.4, -0.2) is 11.1 Å². The number of nitrogens with one attached hydrogen (secondary N) is 1. The standard InChI is InChI=1S/C18H14ClFN2O2/c1-11(12-2-6-14(19)7-3-12)21-18(23)16-10-17(24-22-16)13-4-8-15(20)9-5-13/h2-11H,1H3,(H,21,23)/t11-/m1/s1. The first-order valence-electron chi connectivity index (χ1n) is 7.32. The van der Waals surface area contributed by atoms with Crippen LogP contribution in [0.25, 0.3) is 11.3 Å². The minimum Gasteiger partial charge on any atom is -0.355 e. The van der Waals surface area contributed by atoms with Crippen LogP contribution in [0.3, 0.4) is 0 Å². The number of benzene rings is 2. The van der Waals surface area contributed by atoms with Gasteiger partial charge in [0.25, 0.3) is 5.91 Å². The molecule has 0 spiro atoms. The van der Waals surface area contributed by atoms with E-state index in [-0.39, 0.29) is 23.5 Å². The number of amides is 1. The summed E-state index contributed by atoms with van der Waals surface area (Å²) >= 11 is 5.86. The van der Waals surface area contributed by atoms with Crippen LogP contribution in [0.5, 0.6) is 0 Å². The van der Waals surface area contributed by atoms with Gasteiger partial charge in [0, 0.05) is 16.7 Å². The Hall–Kier alpha value is -2.66. The molecule has 1 N–H and O–H groups in total. The Morgan fingerprint density at radius 2 is 1.83 bits per heavy atom. The van der Waals surface area contributed by atoms with Gasteiger partial charge in [-0.05, 0) is 48.9 Å². The molecular weight excluding hydrogens is 331 g/mol. The normalized spacial score (nSPS) is 12.0. The molecule has 0 aliphatic rings. The minimum atomic E-state index is -0.352. The van der Waals surface area contributed by atoms with Crippen molar-refractivity contribution in [1.82, 2.24) is 10.5 Å². The van der Waals surface area contributed by atoms with Crippen molar-refractivity contribution < 1.29 is 13.7 Å². The minimum absolute atomic E-state index is 0.162. The van der Waals surface area contributed by atoms with E-state index in [1.807, 2.05) is 19.1 Å². The van der Waals surface area contributed by atoms with Crippen molar-refractivity contribution in [2.24, 2.45) is 0 Å². The highest BCUT2D eigenvalue weighted by Crippen LogP contribution is 2.21. The third-order valence-electron chi connectivity index (χ3n) is 3.59. The van der Waals surface area contributed by atoms with Crippen LogP contribution in [0.15, 0.2) is 59.1 Å². The van der Waals surface area contributed by atoms with Gasteiger partial charge in [-0.25, -0.2) is 4.39 Å². The van der Waals surface area contributed by atoms with E-state index < -0.39 is 0 Å². The second-order valence-corrected chi connectivity index (χ2v) is 5.77. The Kier molecular flexibility index (Phi) is 4.62. The number of aromatic nitrogens is 1. The van der Waals surface area contributed by atoms with Gasteiger partial charge < -0.3 is 9.84 Å². The Bertz CT molecular complexity index is 844. The van der Waals surface area contributed by atoms with E-state index in [0.29, 0.717) is 16.3 Å². The summed E-state index contributed by atoms with van der Waals surface area (Å²) in [4.78, 5) is 12.3. The molecule has 0 saturated carbocycles. The van der Waals surface area contributed by atoms with Crippen LogP contribution in [0.4, 0.5) is 4.39 Å². The van der Waals surface area contributed by atoms with Gasteiger partial charge in [0.1, 0.15) is 5.82 Å². The molecule has 3 aromatic rings. The quantitative estimate of drug-likeness (QED) is 0.751. The molecule has 0 saturated heterocycles. The Morgan fingerprint density at radius 1 is 1.17 bits per heavy atom. The molecule has 0 aliphatic heterocycles. The average molecular weight is 345 g/mol. The first-order chi connectivity index (χ1) is 11.5. The molecule has 1 atom stereocenters. The number of nitrogens with zero attached hydrogens (tertiary/aromatic N) is 1. The van der Waals surface area contributed by atoms with Gasteiger partial charge >= 0.3 is 0 Å². The molecule has 0 bridgehead atoms. The number of halogens is 2. The van der Waals surface area contributed by atoms with Gasteiger partial charge in [0.05, 0.1) is 6.04 Å². The Morgan fingerprint density at radius 3 is 2.50 bits per heavy atom. The third kappa shape index (κ3) is 3.63. The number of carbonyl (C=O) groups excluding carboxylic acids is 1. The zero-order valence-corrected chi connectivity index (χ0v) is 13.5. The fourth-order valence-corrected chi connectivity index (χ4v) is 2.36. The predicted molar refractivity (Wildman–Crippen MR) is 89.2 cm³/mol. The van der Waals surface area contributed by atoms with E-state index >= 15 is 0 Å². The maximum Gasteiger partial charge on any atom is 0.273 e. The van der Waals surface area contributed by atoms with Gasteiger partial charge in [-0.3, -0.25) is 4.79 Å². The number of hydrogen-bond donors (Lipinski definition) is 1. The fourth-order valence-electron chi connectivity index (χ4n) is 2.24. The first kappa shape index (κ1) is 16.2. The second kappa shape index (κ2) is 6.84. The van der Waals surface area contributed by atoms with Crippen LogP contribution in [0, 0.1) is 5.82 Å². The van der Waals surface area contributed by atoms with Gasteiger partial charge in [0.2, 0.25) is 0 Å². The van der Waals surface area contributed by atoms with Gasteiger partial charge in [-0.1, -0.05) is 28.9 Å². The lowest BCUT2D eigenvalue weighted by Crippen LogP contribution is -2.26. The molecule has 24 heavy (non-hydrogen) atoms. The molecule has 3 rings (SSSR count). The molecule has 0 fully saturated rings. The molecule has 0 radical (unpaired) electrons. The average Bonchev–Trinajstić information content (AvgIpc) is 3.06. The number of rotatable bonds is 4. The highest BCUT2D eigenvalue weighted by atomic mass is 35.5. The topological polar surface area (TPSA) is 55.1 Å². The van der Waals surface area contributed by atoms with E-state index in [2.05, 4.69) is 10.5 Å². The van der Waals surface area contributed by atoms with Crippen molar-refractivity contribution in [1.29, 1.82) is 0 Å². The van der Waals surface area contributed by atoms with Crippen molar-refractivity contribution in [2.75, 3.05) is 0 Å². The number of hydrogen-bond acceptors (Lipinski definition) is 3. The maximum atomic E-state index is 12.9. The summed E-state index contributed by atoms with van der Waals surface area (Å²) in [7, 11) is 0. The number of carbonyl (C=O) groups is 1. The largest absolute Gasteiger partial charge is 0.355 e. The third-order valence-corrected chi connectivity index (χ3v) is 3.84. The van der Waals surface area contributed by atoms with E-state index in [0.717, 1.165) is 5.56 Å². The molecule has 0 unspecified atom stereocenters. The summed E-state index contributed by atoms with van der Waals surface area (Å²) < 4.78 is 18.1. The van der Waals surface area contributed by atoms with Crippen molar-refractivity contribution in [3.63, 3.8) is 0 Å². The highest BCUT2D eigenvalue weighted by Gasteiger charge is 2.16. The van der Waals surface area contributed by atoms with Crippen molar-refractivity contribution in [2.45, 2.75) is 13.0 Å². The molecule has 2 aromatic carbocycles. The van der Waals surface area contributed by atoms with E-state index in [1.54, 1.807) is 24.3 Å². The molecule has 6 heteroatoms. The van der Waals surface area contributed by atoms with Crippen LogP contribution in [0.2, 0.25) is 5.02 Å². The Balaban J connectivity index is 1.71. The Labute approximate surface area is 143 Å². The smallest absolute Gasteiger partial charge is 0.273 e. The van der Waals surface area contributed by atoms with Gasteiger partial charge in [-0.15, -0.1) is 0 Å². The van der Waals surface area contributed by atoms with Crippen molar-refractivity contribution in [3.05, 3.63) is 76.7 Å². The van der Waals surface area contributed by atoms with Gasteiger partial charge in [-0.2, -0.15) is 0 Å².